The van der Waals surface area contributed by atoms with Crippen molar-refractivity contribution in [3.63, 3.8) is 0 Å². The largest absolute Gasteiger partial charge is 0.390 e. The van der Waals surface area contributed by atoms with E-state index in [1.165, 1.54) is 22.3 Å². The van der Waals surface area contributed by atoms with Crippen LogP contribution in [0.15, 0.2) is 46.6 Å². The lowest BCUT2D eigenvalue weighted by atomic mass is 9.89. The molecule has 0 aromatic rings. The molecule has 0 aliphatic carbocycles. The maximum absolute atomic E-state index is 10.5. The molecule has 0 fully saturated rings. The Morgan fingerprint density at radius 2 is 1.06 bits per heavy atom. The number of unbranched alkanes of at least 4 members (excludes halogenated alkanes) is 1. The SMILES string of the molecule is CC(C)=CCC[C@@](C)(O)[C@@H](O)CC/C(C)=C/CC/C=C(\C)CC/C=C(\C)CC[C@H](O)C(C)(C)O. The van der Waals surface area contributed by atoms with Crippen LogP contribution in [0, 0.1) is 0 Å². The van der Waals surface area contributed by atoms with Gasteiger partial charge >= 0.3 is 0 Å². The molecular formula is C30H54O4. The summed E-state index contributed by atoms with van der Waals surface area (Å²) < 4.78 is 0. The molecule has 198 valence electrons. The van der Waals surface area contributed by atoms with Gasteiger partial charge in [-0.1, -0.05) is 46.6 Å². The number of aliphatic hydroxyl groups is 4. The third-order valence-corrected chi connectivity index (χ3v) is 6.54. The van der Waals surface area contributed by atoms with E-state index in [0.29, 0.717) is 19.3 Å². The van der Waals surface area contributed by atoms with Crippen LogP contribution < -0.4 is 0 Å². The standard InChI is InChI=1S/C30H54O4/c1-23(2)13-12-22-30(8,34)28(32)21-19-25(4)15-10-9-14-24(3)16-11-17-26(5)18-20-27(31)29(6,7)33/h13-15,17,27-28,31-34H,9-12,16,18-22H2,1-8H3/b24-14+,25-15+,26-17+/t27-,28-,30+/m0/s1. The van der Waals surface area contributed by atoms with Crippen LogP contribution >= 0.6 is 0 Å². The van der Waals surface area contributed by atoms with Gasteiger partial charge in [0, 0.05) is 0 Å². The number of hydrogen-bond donors (Lipinski definition) is 4. The van der Waals surface area contributed by atoms with E-state index >= 15 is 0 Å². The van der Waals surface area contributed by atoms with E-state index in [2.05, 4.69) is 45.1 Å². The predicted octanol–water partition coefficient (Wildman–Crippen LogP) is 6.94. The third kappa shape index (κ3) is 16.4. The summed E-state index contributed by atoms with van der Waals surface area (Å²) in [6.45, 7) is 15.5. The maximum atomic E-state index is 10.5. The number of allylic oxidation sites excluding steroid dienone is 8. The molecule has 0 aromatic heterocycles. The fourth-order valence-corrected chi connectivity index (χ4v) is 3.72. The van der Waals surface area contributed by atoms with Gasteiger partial charge in [-0.2, -0.15) is 0 Å². The van der Waals surface area contributed by atoms with Crippen LogP contribution in [0.4, 0.5) is 0 Å². The Balaban J connectivity index is 4.26. The van der Waals surface area contributed by atoms with Crippen LogP contribution in [0.1, 0.15) is 120 Å². The fraction of sp³-hybridized carbons (Fsp3) is 0.733. The Labute approximate surface area is 210 Å². The maximum Gasteiger partial charge on any atom is 0.0880 e. The minimum Gasteiger partial charge on any atom is -0.390 e. The summed E-state index contributed by atoms with van der Waals surface area (Å²) in [5, 5.41) is 40.7. The van der Waals surface area contributed by atoms with E-state index in [1.807, 2.05) is 13.8 Å². The molecule has 0 saturated heterocycles. The van der Waals surface area contributed by atoms with Crippen molar-refractivity contribution in [1.29, 1.82) is 0 Å². The average Bonchev–Trinajstić information content (AvgIpc) is 2.72. The molecule has 4 nitrogen and oxygen atoms in total. The molecule has 0 bridgehead atoms. The lowest BCUT2D eigenvalue weighted by Gasteiger charge is -2.29. The van der Waals surface area contributed by atoms with Gasteiger partial charge < -0.3 is 20.4 Å². The van der Waals surface area contributed by atoms with Crippen LogP contribution in [0.25, 0.3) is 0 Å². The summed E-state index contributed by atoms with van der Waals surface area (Å²) in [6.07, 6.45) is 15.6. The van der Waals surface area contributed by atoms with Crippen LogP contribution in [0.2, 0.25) is 0 Å². The molecule has 4 N–H and O–H groups in total. The first-order valence-corrected chi connectivity index (χ1v) is 13.1. The minimum atomic E-state index is -1.05. The lowest BCUT2D eigenvalue weighted by molar-refractivity contribution is -0.0691. The Morgan fingerprint density at radius 1 is 0.618 bits per heavy atom. The first kappa shape index (κ1) is 32.8. The summed E-state index contributed by atoms with van der Waals surface area (Å²) >= 11 is 0. The molecule has 34 heavy (non-hydrogen) atoms. The molecule has 0 rings (SSSR count). The van der Waals surface area contributed by atoms with E-state index < -0.39 is 23.4 Å². The lowest BCUT2D eigenvalue weighted by Crippen LogP contribution is -2.39. The highest BCUT2D eigenvalue weighted by Gasteiger charge is 2.29. The smallest absolute Gasteiger partial charge is 0.0880 e. The Bertz CT molecular complexity index is 685. The Kier molecular flexibility index (Phi) is 15.9. The molecule has 0 heterocycles. The van der Waals surface area contributed by atoms with Gasteiger partial charge in [-0.05, 0) is 120 Å². The van der Waals surface area contributed by atoms with E-state index in [9.17, 15) is 20.4 Å². The first-order chi connectivity index (χ1) is 15.6. The fourth-order valence-electron chi connectivity index (χ4n) is 3.72. The first-order valence-electron chi connectivity index (χ1n) is 13.1. The van der Waals surface area contributed by atoms with E-state index in [0.717, 1.165) is 44.9 Å². The second kappa shape index (κ2) is 16.5. The van der Waals surface area contributed by atoms with Gasteiger partial charge in [0.05, 0.1) is 23.4 Å². The van der Waals surface area contributed by atoms with Crippen molar-refractivity contribution in [2.75, 3.05) is 0 Å². The van der Waals surface area contributed by atoms with Gasteiger partial charge in [0.2, 0.25) is 0 Å². The van der Waals surface area contributed by atoms with Crippen molar-refractivity contribution in [3.05, 3.63) is 46.6 Å². The van der Waals surface area contributed by atoms with E-state index in [-0.39, 0.29) is 0 Å². The van der Waals surface area contributed by atoms with Gasteiger partial charge in [0.1, 0.15) is 0 Å². The molecule has 0 aliphatic heterocycles. The number of aliphatic hydroxyl groups excluding tert-OH is 2. The zero-order valence-electron chi connectivity index (χ0n) is 23.3. The van der Waals surface area contributed by atoms with Crippen molar-refractivity contribution >= 4 is 0 Å². The molecule has 0 unspecified atom stereocenters. The average molecular weight is 479 g/mol. The Hall–Kier alpha value is -1.20. The number of rotatable bonds is 17. The molecule has 4 heteroatoms. The third-order valence-electron chi connectivity index (χ3n) is 6.54. The highest BCUT2D eigenvalue weighted by Crippen LogP contribution is 2.23. The van der Waals surface area contributed by atoms with Crippen LogP contribution in [-0.4, -0.2) is 43.8 Å². The monoisotopic (exact) mass is 478 g/mol. The minimum absolute atomic E-state index is 0.573. The molecule has 0 aromatic carbocycles. The highest BCUT2D eigenvalue weighted by atomic mass is 16.3. The van der Waals surface area contributed by atoms with Gasteiger partial charge in [-0.3, -0.25) is 0 Å². The zero-order chi connectivity index (χ0) is 26.4. The summed E-state index contributed by atoms with van der Waals surface area (Å²) in [7, 11) is 0. The second-order valence-corrected chi connectivity index (χ2v) is 11.2. The van der Waals surface area contributed by atoms with Gasteiger partial charge in [0.15, 0.2) is 0 Å². The van der Waals surface area contributed by atoms with E-state index in [1.54, 1.807) is 20.8 Å². The second-order valence-electron chi connectivity index (χ2n) is 11.2. The molecule has 0 aliphatic rings. The van der Waals surface area contributed by atoms with Crippen molar-refractivity contribution < 1.29 is 20.4 Å². The predicted molar refractivity (Wildman–Crippen MR) is 146 cm³/mol. The summed E-state index contributed by atoms with van der Waals surface area (Å²) in [4.78, 5) is 0. The van der Waals surface area contributed by atoms with Crippen LogP contribution in [-0.2, 0) is 0 Å². The molecule has 0 spiro atoms. The van der Waals surface area contributed by atoms with Crippen molar-refractivity contribution in [1.82, 2.24) is 0 Å². The van der Waals surface area contributed by atoms with E-state index in [4.69, 9.17) is 0 Å². The van der Waals surface area contributed by atoms with Crippen molar-refractivity contribution in [2.45, 2.75) is 143 Å². The molecule has 3 atom stereocenters. The zero-order valence-corrected chi connectivity index (χ0v) is 23.3. The normalized spacial score (nSPS) is 17.4. The van der Waals surface area contributed by atoms with Gasteiger partial charge in [-0.15, -0.1) is 0 Å². The summed E-state index contributed by atoms with van der Waals surface area (Å²) in [6, 6.07) is 0. The summed E-state index contributed by atoms with van der Waals surface area (Å²) in [5.74, 6) is 0. The molecule has 0 radical (unpaired) electrons. The topological polar surface area (TPSA) is 80.9 Å². The van der Waals surface area contributed by atoms with Crippen LogP contribution in [0.5, 0.6) is 0 Å². The molecular weight excluding hydrogens is 424 g/mol. The quantitative estimate of drug-likeness (QED) is 0.135. The van der Waals surface area contributed by atoms with Gasteiger partial charge in [-0.25, -0.2) is 0 Å². The van der Waals surface area contributed by atoms with Crippen molar-refractivity contribution in [2.24, 2.45) is 0 Å². The Morgan fingerprint density at radius 3 is 1.53 bits per heavy atom. The molecule has 0 saturated carbocycles. The van der Waals surface area contributed by atoms with Gasteiger partial charge in [0.25, 0.3) is 0 Å². The highest BCUT2D eigenvalue weighted by molar-refractivity contribution is 5.06. The van der Waals surface area contributed by atoms with Crippen molar-refractivity contribution in [3.8, 4) is 0 Å². The summed E-state index contributed by atoms with van der Waals surface area (Å²) in [5.41, 5.74) is 3.05. The molecule has 0 amide bonds. The van der Waals surface area contributed by atoms with Crippen LogP contribution in [0.3, 0.4) is 0 Å². The number of hydrogen-bond acceptors (Lipinski definition) is 4.